The van der Waals surface area contributed by atoms with E-state index in [4.69, 9.17) is 4.98 Å². The van der Waals surface area contributed by atoms with Gasteiger partial charge in [-0.15, -0.1) is 0 Å². The smallest absolute Gasteiger partial charge is 0.0948 e. The van der Waals surface area contributed by atoms with Crippen LogP contribution >= 0.6 is 0 Å². The Labute approximate surface area is 127 Å². The molecule has 108 valence electrons. The largest absolute Gasteiger partial charge is 0.334 e. The first-order valence-electron chi connectivity index (χ1n) is 6.93. The lowest BCUT2D eigenvalue weighted by atomic mass is 10.1. The van der Waals surface area contributed by atoms with Gasteiger partial charge < -0.3 is 4.57 Å². The summed E-state index contributed by atoms with van der Waals surface area (Å²) in [5.41, 5.74) is 5.64. The summed E-state index contributed by atoms with van der Waals surface area (Å²) >= 11 is 0. The van der Waals surface area contributed by atoms with Crippen LogP contribution in [0.3, 0.4) is 0 Å². The van der Waals surface area contributed by atoms with Gasteiger partial charge in [-0.3, -0.25) is 9.67 Å². The van der Waals surface area contributed by atoms with Crippen LogP contribution in [0.4, 0.5) is 0 Å². The highest BCUT2D eigenvalue weighted by Gasteiger charge is 2.08. The zero-order valence-corrected chi connectivity index (χ0v) is 12.3. The van der Waals surface area contributed by atoms with Crippen molar-refractivity contribution in [3.8, 4) is 22.5 Å². The third-order valence-electron chi connectivity index (χ3n) is 3.66. The summed E-state index contributed by atoms with van der Waals surface area (Å²) in [5, 5.41) is 4.18. The van der Waals surface area contributed by atoms with E-state index in [1.165, 1.54) is 0 Å². The van der Waals surface area contributed by atoms with Gasteiger partial charge in [0, 0.05) is 31.4 Å². The van der Waals surface area contributed by atoms with Crippen LogP contribution in [0.15, 0.2) is 49.3 Å². The van der Waals surface area contributed by atoms with Gasteiger partial charge in [-0.2, -0.15) is 5.10 Å². The van der Waals surface area contributed by atoms with Crippen LogP contribution in [0, 0.1) is 0 Å². The van der Waals surface area contributed by atoms with Crippen LogP contribution in [-0.2, 0) is 14.1 Å². The Morgan fingerprint density at radius 2 is 1.86 bits per heavy atom. The summed E-state index contributed by atoms with van der Waals surface area (Å²) in [6.45, 7) is 0. The van der Waals surface area contributed by atoms with Gasteiger partial charge in [0.15, 0.2) is 0 Å². The van der Waals surface area contributed by atoms with Crippen LogP contribution in [-0.4, -0.2) is 29.3 Å². The molecule has 6 nitrogen and oxygen atoms in total. The predicted octanol–water partition coefficient (Wildman–Crippen LogP) is 2.43. The van der Waals surface area contributed by atoms with Gasteiger partial charge >= 0.3 is 0 Å². The van der Waals surface area contributed by atoms with Gasteiger partial charge in [-0.1, -0.05) is 6.07 Å². The fraction of sp³-hybridized carbons (Fsp3) is 0.125. The molecule has 0 N–H and O–H groups in total. The standard InChI is InChI=1S/C16H14N6/c1-21-10-17-8-16(21)11-3-4-13-14(5-11)20-15(7-18-13)12-6-19-22(2)9-12/h3-10H,1-2H3. The molecule has 0 amide bonds. The molecule has 0 radical (unpaired) electrons. The Hall–Kier alpha value is -3.02. The molecule has 0 saturated carbocycles. The quantitative estimate of drug-likeness (QED) is 0.569. The number of rotatable bonds is 2. The number of nitrogens with zero attached hydrogens (tertiary/aromatic N) is 6. The minimum Gasteiger partial charge on any atom is -0.334 e. The van der Waals surface area contributed by atoms with Crippen molar-refractivity contribution in [1.82, 2.24) is 29.3 Å². The van der Waals surface area contributed by atoms with E-state index < -0.39 is 0 Å². The molecular weight excluding hydrogens is 276 g/mol. The fourth-order valence-corrected chi connectivity index (χ4v) is 2.50. The second-order valence-corrected chi connectivity index (χ2v) is 5.25. The van der Waals surface area contributed by atoms with Gasteiger partial charge in [0.05, 0.1) is 47.3 Å². The van der Waals surface area contributed by atoms with Crippen molar-refractivity contribution >= 4 is 11.0 Å². The second kappa shape index (κ2) is 4.77. The first-order valence-corrected chi connectivity index (χ1v) is 6.93. The van der Waals surface area contributed by atoms with Crippen molar-refractivity contribution in [2.45, 2.75) is 0 Å². The average Bonchev–Trinajstić information content (AvgIpc) is 3.15. The van der Waals surface area contributed by atoms with E-state index in [0.29, 0.717) is 0 Å². The van der Waals surface area contributed by atoms with Crippen LogP contribution in [0.25, 0.3) is 33.5 Å². The Balaban J connectivity index is 1.86. The highest BCUT2D eigenvalue weighted by atomic mass is 15.2. The van der Waals surface area contributed by atoms with Gasteiger partial charge in [0.2, 0.25) is 0 Å². The van der Waals surface area contributed by atoms with E-state index in [0.717, 1.165) is 33.5 Å². The van der Waals surface area contributed by atoms with Crippen LogP contribution in [0.1, 0.15) is 0 Å². The number of aromatic nitrogens is 6. The van der Waals surface area contributed by atoms with E-state index in [1.54, 1.807) is 23.4 Å². The molecule has 6 heteroatoms. The maximum atomic E-state index is 4.71. The van der Waals surface area contributed by atoms with Gasteiger partial charge in [0.1, 0.15) is 0 Å². The first-order chi connectivity index (χ1) is 10.7. The van der Waals surface area contributed by atoms with Crippen molar-refractivity contribution in [3.63, 3.8) is 0 Å². The molecule has 4 rings (SSSR count). The van der Waals surface area contributed by atoms with E-state index in [1.807, 2.05) is 49.3 Å². The summed E-state index contributed by atoms with van der Waals surface area (Å²) in [4.78, 5) is 13.4. The molecule has 3 aromatic heterocycles. The summed E-state index contributed by atoms with van der Waals surface area (Å²) in [5.74, 6) is 0. The van der Waals surface area contributed by atoms with Crippen molar-refractivity contribution < 1.29 is 0 Å². The molecule has 0 saturated heterocycles. The molecular formula is C16H14N6. The number of benzene rings is 1. The average molecular weight is 290 g/mol. The van der Waals surface area contributed by atoms with E-state index >= 15 is 0 Å². The minimum atomic E-state index is 0.822. The molecule has 1 aromatic carbocycles. The third-order valence-corrected chi connectivity index (χ3v) is 3.66. The van der Waals surface area contributed by atoms with Crippen molar-refractivity contribution in [2.75, 3.05) is 0 Å². The highest BCUT2D eigenvalue weighted by Crippen LogP contribution is 2.24. The first kappa shape index (κ1) is 12.7. The number of aryl methyl sites for hydroxylation is 2. The molecule has 0 spiro atoms. The minimum absolute atomic E-state index is 0.822. The number of imidazole rings is 1. The molecule has 3 heterocycles. The summed E-state index contributed by atoms with van der Waals surface area (Å²) in [6, 6.07) is 6.06. The third kappa shape index (κ3) is 2.05. The van der Waals surface area contributed by atoms with Crippen molar-refractivity contribution in [1.29, 1.82) is 0 Å². The maximum absolute atomic E-state index is 4.71. The number of hydrogen-bond donors (Lipinski definition) is 0. The van der Waals surface area contributed by atoms with Crippen molar-refractivity contribution in [2.24, 2.45) is 14.1 Å². The zero-order chi connectivity index (χ0) is 15.1. The van der Waals surface area contributed by atoms with E-state index in [9.17, 15) is 0 Å². The maximum Gasteiger partial charge on any atom is 0.0948 e. The summed E-state index contributed by atoms with van der Waals surface area (Å²) in [7, 11) is 3.86. The lowest BCUT2D eigenvalue weighted by Crippen LogP contribution is -1.92. The van der Waals surface area contributed by atoms with Gasteiger partial charge in [-0.05, 0) is 12.1 Å². The Morgan fingerprint density at radius 3 is 2.59 bits per heavy atom. The van der Waals surface area contributed by atoms with Crippen LogP contribution < -0.4 is 0 Å². The number of hydrogen-bond acceptors (Lipinski definition) is 4. The SMILES string of the molecule is Cn1cc(-c2cnc3ccc(-c4cncn4C)cc3n2)cn1. The monoisotopic (exact) mass is 290 g/mol. The normalized spacial score (nSPS) is 11.2. The second-order valence-electron chi connectivity index (χ2n) is 5.25. The predicted molar refractivity (Wildman–Crippen MR) is 83.9 cm³/mol. The Morgan fingerprint density at radius 1 is 0.955 bits per heavy atom. The Kier molecular flexibility index (Phi) is 2.75. The molecule has 0 aliphatic carbocycles. The number of fused-ring (bicyclic) bond motifs is 1. The zero-order valence-electron chi connectivity index (χ0n) is 12.3. The molecule has 0 fully saturated rings. The van der Waals surface area contributed by atoms with Crippen LogP contribution in [0.2, 0.25) is 0 Å². The lowest BCUT2D eigenvalue weighted by Gasteiger charge is -2.05. The Bertz CT molecular complexity index is 966. The van der Waals surface area contributed by atoms with Crippen molar-refractivity contribution in [3.05, 3.63) is 49.3 Å². The highest BCUT2D eigenvalue weighted by molar-refractivity contribution is 5.82. The van der Waals surface area contributed by atoms with E-state index in [-0.39, 0.29) is 0 Å². The molecule has 0 unspecified atom stereocenters. The molecule has 22 heavy (non-hydrogen) atoms. The van der Waals surface area contributed by atoms with Gasteiger partial charge in [0.25, 0.3) is 0 Å². The lowest BCUT2D eigenvalue weighted by molar-refractivity contribution is 0.768. The van der Waals surface area contributed by atoms with Gasteiger partial charge in [-0.25, -0.2) is 9.97 Å². The van der Waals surface area contributed by atoms with E-state index in [2.05, 4.69) is 15.1 Å². The molecule has 0 bridgehead atoms. The molecule has 0 atom stereocenters. The fourth-order valence-electron chi connectivity index (χ4n) is 2.50. The summed E-state index contributed by atoms with van der Waals surface area (Å²) in [6.07, 6.45) is 9.14. The molecule has 0 aliphatic rings. The topological polar surface area (TPSA) is 61.4 Å². The molecule has 0 aliphatic heterocycles. The summed E-state index contributed by atoms with van der Waals surface area (Å²) < 4.78 is 3.74. The molecule has 4 aromatic rings. The van der Waals surface area contributed by atoms with Crippen LogP contribution in [0.5, 0.6) is 0 Å².